The fourth-order valence-electron chi connectivity index (χ4n) is 0.610. The van der Waals surface area contributed by atoms with E-state index in [0.717, 1.165) is 0 Å². The summed E-state index contributed by atoms with van der Waals surface area (Å²) in [6, 6.07) is -0.254. The third-order valence-electron chi connectivity index (χ3n) is 1.01. The first kappa shape index (κ1) is 6.10. The summed E-state index contributed by atoms with van der Waals surface area (Å²) in [6.45, 7) is 0.279. The van der Waals surface area contributed by atoms with Gasteiger partial charge >= 0.3 is 5.97 Å². The summed E-state index contributed by atoms with van der Waals surface area (Å²) in [6.07, 6.45) is 1.39. The molecule has 3 N–H and O–H groups in total. The number of carbonyl (C=O) groups is 1. The van der Waals surface area contributed by atoms with Gasteiger partial charge in [0, 0.05) is 0 Å². The van der Waals surface area contributed by atoms with Crippen molar-refractivity contribution in [2.75, 3.05) is 6.61 Å². The second-order valence-electron chi connectivity index (χ2n) is 1.81. The Kier molecular flexibility index (Phi) is 1.40. The molecule has 0 aromatic carbocycles. The quantitative estimate of drug-likeness (QED) is 0.491. The van der Waals surface area contributed by atoms with Gasteiger partial charge in [-0.15, -0.1) is 0 Å². The minimum absolute atomic E-state index is 0.0394. The molecule has 0 amide bonds. The van der Waals surface area contributed by atoms with Crippen molar-refractivity contribution in [3.8, 4) is 0 Å². The second kappa shape index (κ2) is 2.06. The Morgan fingerprint density at radius 1 is 2.00 bits per heavy atom. The van der Waals surface area contributed by atoms with Crippen LogP contribution >= 0.6 is 0 Å². The zero-order valence-electron chi connectivity index (χ0n) is 4.70. The maximum Gasteiger partial charge on any atom is 0.370 e. The highest BCUT2D eigenvalue weighted by atomic mass is 16.5. The lowest BCUT2D eigenvalue weighted by molar-refractivity contribution is -0.136. The molecule has 0 saturated heterocycles. The van der Waals surface area contributed by atoms with Crippen LogP contribution in [0.1, 0.15) is 0 Å². The van der Waals surface area contributed by atoms with Crippen molar-refractivity contribution < 1.29 is 14.6 Å². The van der Waals surface area contributed by atoms with Gasteiger partial charge in [0.15, 0.2) is 0 Å². The lowest BCUT2D eigenvalue weighted by atomic mass is 10.3. The van der Waals surface area contributed by atoms with Crippen molar-refractivity contribution in [2.45, 2.75) is 6.04 Å². The molecule has 4 heteroatoms. The summed E-state index contributed by atoms with van der Waals surface area (Å²) in [5, 5.41) is 8.28. The van der Waals surface area contributed by atoms with E-state index in [1.54, 1.807) is 0 Å². The molecule has 1 aliphatic heterocycles. The topological polar surface area (TPSA) is 72.6 Å². The molecule has 0 aromatic rings. The van der Waals surface area contributed by atoms with Gasteiger partial charge in [-0.1, -0.05) is 0 Å². The van der Waals surface area contributed by atoms with Gasteiger partial charge in [-0.2, -0.15) is 0 Å². The second-order valence-corrected chi connectivity index (χ2v) is 1.81. The van der Waals surface area contributed by atoms with E-state index >= 15 is 0 Å². The fraction of sp³-hybridized carbons (Fsp3) is 0.400. The minimum atomic E-state index is -1.05. The summed E-state index contributed by atoms with van der Waals surface area (Å²) in [5.41, 5.74) is 5.30. The molecule has 0 radical (unpaired) electrons. The van der Waals surface area contributed by atoms with Crippen LogP contribution in [0.2, 0.25) is 0 Å². The first-order chi connectivity index (χ1) is 4.20. The molecule has 0 aliphatic carbocycles. The molecule has 50 valence electrons. The first-order valence-electron chi connectivity index (χ1n) is 2.53. The third-order valence-corrected chi connectivity index (χ3v) is 1.01. The lowest BCUT2D eigenvalue weighted by Gasteiger charge is -1.95. The van der Waals surface area contributed by atoms with Crippen LogP contribution < -0.4 is 5.73 Å². The van der Waals surface area contributed by atoms with Crippen LogP contribution in [0, 0.1) is 0 Å². The van der Waals surface area contributed by atoms with Crippen molar-refractivity contribution >= 4 is 5.97 Å². The Hall–Kier alpha value is -1.03. The number of rotatable bonds is 1. The Bertz CT molecular complexity index is 164. The molecule has 0 aromatic heterocycles. The molecule has 1 rings (SSSR count). The molecule has 1 aliphatic rings. The highest BCUT2D eigenvalue weighted by molar-refractivity contribution is 5.84. The minimum Gasteiger partial charge on any atom is -0.485 e. The predicted octanol–water partition coefficient (Wildman–Crippen LogP) is -0.688. The molecule has 1 heterocycles. The standard InChI is InChI=1S/C5H7NO3/c6-3-1-4(5(7)8)9-2-3/h1,3H,2,6H2,(H,7,8). The van der Waals surface area contributed by atoms with Crippen molar-refractivity contribution in [2.24, 2.45) is 5.73 Å². The average molecular weight is 129 g/mol. The van der Waals surface area contributed by atoms with E-state index in [-0.39, 0.29) is 18.4 Å². The van der Waals surface area contributed by atoms with E-state index < -0.39 is 5.97 Å². The molecule has 9 heavy (non-hydrogen) atoms. The van der Waals surface area contributed by atoms with Crippen LogP contribution in [0.4, 0.5) is 0 Å². The number of carboxylic acid groups (broad SMARTS) is 1. The first-order valence-corrected chi connectivity index (χ1v) is 2.53. The molecule has 0 bridgehead atoms. The van der Waals surface area contributed by atoms with E-state index in [1.807, 2.05) is 0 Å². The van der Waals surface area contributed by atoms with E-state index in [1.165, 1.54) is 6.08 Å². The zero-order chi connectivity index (χ0) is 6.85. The average Bonchev–Trinajstić information content (AvgIpc) is 2.14. The van der Waals surface area contributed by atoms with Crippen LogP contribution in [-0.4, -0.2) is 23.7 Å². The van der Waals surface area contributed by atoms with Crippen LogP contribution in [-0.2, 0) is 9.53 Å². The van der Waals surface area contributed by atoms with Crippen LogP contribution in [0.15, 0.2) is 11.8 Å². The summed E-state index contributed by atoms with van der Waals surface area (Å²) in [7, 11) is 0. The van der Waals surface area contributed by atoms with Crippen molar-refractivity contribution in [3.05, 3.63) is 11.8 Å². The van der Waals surface area contributed by atoms with Gasteiger partial charge in [-0.25, -0.2) is 4.79 Å². The van der Waals surface area contributed by atoms with Gasteiger partial charge in [0.2, 0.25) is 5.76 Å². The predicted molar refractivity (Wildman–Crippen MR) is 29.6 cm³/mol. The normalized spacial score (nSPS) is 25.0. The van der Waals surface area contributed by atoms with Gasteiger partial charge < -0.3 is 15.6 Å². The molecule has 1 unspecified atom stereocenters. The Balaban J connectivity index is 2.62. The number of aliphatic carboxylic acids is 1. The molecule has 1 atom stereocenters. The summed E-state index contributed by atoms with van der Waals surface area (Å²) in [5.74, 6) is -1.09. The van der Waals surface area contributed by atoms with Gasteiger partial charge in [0.1, 0.15) is 6.61 Å². The zero-order valence-corrected chi connectivity index (χ0v) is 4.70. The number of hydrogen-bond acceptors (Lipinski definition) is 3. The number of hydrogen-bond donors (Lipinski definition) is 2. The molecule has 4 nitrogen and oxygen atoms in total. The summed E-state index contributed by atoms with van der Waals surface area (Å²) < 4.78 is 4.66. The van der Waals surface area contributed by atoms with Gasteiger partial charge in [-0.05, 0) is 6.08 Å². The van der Waals surface area contributed by atoms with E-state index in [2.05, 4.69) is 4.74 Å². The van der Waals surface area contributed by atoms with Gasteiger partial charge in [0.05, 0.1) is 6.04 Å². The van der Waals surface area contributed by atoms with Crippen molar-refractivity contribution in [1.29, 1.82) is 0 Å². The van der Waals surface area contributed by atoms with E-state index in [9.17, 15) is 4.79 Å². The van der Waals surface area contributed by atoms with Crippen LogP contribution in [0.5, 0.6) is 0 Å². The fourth-order valence-corrected chi connectivity index (χ4v) is 0.610. The molecular weight excluding hydrogens is 122 g/mol. The number of nitrogens with two attached hydrogens (primary N) is 1. The number of ether oxygens (including phenoxy) is 1. The SMILES string of the molecule is NC1C=C(C(=O)O)OC1. The van der Waals surface area contributed by atoms with Crippen LogP contribution in [0.3, 0.4) is 0 Å². The largest absolute Gasteiger partial charge is 0.485 e. The van der Waals surface area contributed by atoms with E-state index in [0.29, 0.717) is 0 Å². The lowest BCUT2D eigenvalue weighted by Crippen LogP contribution is -2.17. The molecule has 0 saturated carbocycles. The van der Waals surface area contributed by atoms with Crippen molar-refractivity contribution in [3.63, 3.8) is 0 Å². The maximum absolute atomic E-state index is 10.1. The van der Waals surface area contributed by atoms with Crippen LogP contribution in [0.25, 0.3) is 0 Å². The maximum atomic E-state index is 10.1. The Labute approximate surface area is 51.9 Å². The number of carboxylic acids is 1. The molecular formula is C5H7NO3. The monoisotopic (exact) mass is 129 g/mol. The molecule has 0 fully saturated rings. The molecule has 0 spiro atoms. The summed E-state index contributed by atoms with van der Waals surface area (Å²) in [4.78, 5) is 10.1. The Morgan fingerprint density at radius 2 is 2.67 bits per heavy atom. The highest BCUT2D eigenvalue weighted by Gasteiger charge is 2.17. The third kappa shape index (κ3) is 1.20. The van der Waals surface area contributed by atoms with E-state index in [4.69, 9.17) is 10.8 Å². The summed E-state index contributed by atoms with van der Waals surface area (Å²) >= 11 is 0. The highest BCUT2D eigenvalue weighted by Crippen LogP contribution is 2.07. The van der Waals surface area contributed by atoms with Crippen molar-refractivity contribution in [1.82, 2.24) is 0 Å². The van der Waals surface area contributed by atoms with Gasteiger partial charge in [-0.3, -0.25) is 0 Å². The smallest absolute Gasteiger partial charge is 0.370 e. The Morgan fingerprint density at radius 3 is 2.89 bits per heavy atom. The van der Waals surface area contributed by atoms with Gasteiger partial charge in [0.25, 0.3) is 0 Å².